The van der Waals surface area contributed by atoms with Crippen LogP contribution in [0.5, 0.6) is 0 Å². The molecule has 0 aliphatic carbocycles. The van der Waals surface area contributed by atoms with Crippen LogP contribution in [0, 0.1) is 13.8 Å². The minimum atomic E-state index is -0.197. The van der Waals surface area contributed by atoms with Crippen molar-refractivity contribution in [3.05, 3.63) is 77.7 Å². The smallest absolute Gasteiger partial charge is 0.278 e. The summed E-state index contributed by atoms with van der Waals surface area (Å²) in [5.74, 6) is 0.405. The van der Waals surface area contributed by atoms with Gasteiger partial charge in [-0.3, -0.25) is 4.79 Å². The molecule has 1 N–H and O–H groups in total. The highest BCUT2D eigenvalue weighted by Gasteiger charge is 2.15. The first-order valence-corrected chi connectivity index (χ1v) is 8.04. The molecule has 0 spiro atoms. The Hall–Kier alpha value is -3.21. The number of anilines is 3. The summed E-state index contributed by atoms with van der Waals surface area (Å²) in [7, 11) is 1.72. The van der Waals surface area contributed by atoms with E-state index in [4.69, 9.17) is 0 Å². The van der Waals surface area contributed by atoms with Crippen LogP contribution in [0.4, 0.5) is 17.2 Å². The van der Waals surface area contributed by atoms with Gasteiger partial charge in [-0.15, -0.1) is 0 Å². The second-order valence-electron chi connectivity index (χ2n) is 5.93. The van der Waals surface area contributed by atoms with Crippen LogP contribution in [0.25, 0.3) is 0 Å². The quantitative estimate of drug-likeness (QED) is 0.781. The van der Waals surface area contributed by atoms with Crippen LogP contribution in [0.2, 0.25) is 0 Å². The topological polar surface area (TPSA) is 58.1 Å². The molecule has 126 valence electrons. The van der Waals surface area contributed by atoms with Gasteiger partial charge in [0.2, 0.25) is 0 Å². The number of para-hydroxylation sites is 1. The maximum atomic E-state index is 12.5. The van der Waals surface area contributed by atoms with E-state index in [2.05, 4.69) is 28.3 Å². The minimum absolute atomic E-state index is 0.197. The highest BCUT2D eigenvalue weighted by Crippen LogP contribution is 2.20. The first-order chi connectivity index (χ1) is 12.0. The van der Waals surface area contributed by atoms with Crippen molar-refractivity contribution < 1.29 is 4.79 Å². The Bertz CT molecular complexity index is 876. The second kappa shape index (κ2) is 7.13. The van der Waals surface area contributed by atoms with Crippen LogP contribution >= 0.6 is 0 Å². The van der Waals surface area contributed by atoms with Gasteiger partial charge in [-0.05, 0) is 37.6 Å². The summed E-state index contributed by atoms with van der Waals surface area (Å²) in [5, 5.41) is 3.23. The monoisotopic (exact) mass is 332 g/mol. The van der Waals surface area contributed by atoms with Gasteiger partial charge >= 0.3 is 0 Å². The van der Waals surface area contributed by atoms with E-state index in [1.165, 1.54) is 11.8 Å². The van der Waals surface area contributed by atoms with Gasteiger partial charge in [0.25, 0.3) is 5.91 Å². The van der Waals surface area contributed by atoms with E-state index in [1.807, 2.05) is 49.4 Å². The van der Waals surface area contributed by atoms with Gasteiger partial charge in [0.05, 0.1) is 12.4 Å². The van der Waals surface area contributed by atoms with Crippen LogP contribution in [-0.4, -0.2) is 22.9 Å². The van der Waals surface area contributed by atoms with Crippen molar-refractivity contribution in [2.45, 2.75) is 13.8 Å². The predicted molar refractivity (Wildman–Crippen MR) is 100 cm³/mol. The molecule has 3 aromatic rings. The molecule has 1 heterocycles. The number of hydrogen-bond donors (Lipinski definition) is 1. The predicted octanol–water partition coefficient (Wildman–Crippen LogP) is 4.11. The first kappa shape index (κ1) is 16.6. The van der Waals surface area contributed by atoms with E-state index in [0.29, 0.717) is 11.5 Å². The third-order valence-electron chi connectivity index (χ3n) is 3.96. The van der Waals surface area contributed by atoms with E-state index in [0.717, 1.165) is 16.9 Å². The van der Waals surface area contributed by atoms with Crippen molar-refractivity contribution in [3.63, 3.8) is 0 Å². The van der Waals surface area contributed by atoms with Crippen LogP contribution in [0.15, 0.2) is 60.9 Å². The second-order valence-corrected chi connectivity index (χ2v) is 5.93. The SMILES string of the molecule is Cc1ccc(Nc2cnc(C(=O)N(C)c3ccccc3)cn2)c(C)c1. The summed E-state index contributed by atoms with van der Waals surface area (Å²) < 4.78 is 0. The Morgan fingerprint density at radius 2 is 1.76 bits per heavy atom. The molecule has 0 saturated carbocycles. The van der Waals surface area contributed by atoms with Crippen molar-refractivity contribution in [2.75, 3.05) is 17.3 Å². The van der Waals surface area contributed by atoms with E-state index in [9.17, 15) is 4.79 Å². The fourth-order valence-corrected chi connectivity index (χ4v) is 2.54. The summed E-state index contributed by atoms with van der Waals surface area (Å²) in [6, 6.07) is 15.6. The molecule has 0 unspecified atom stereocenters. The van der Waals surface area contributed by atoms with Crippen molar-refractivity contribution in [1.29, 1.82) is 0 Å². The lowest BCUT2D eigenvalue weighted by atomic mass is 10.1. The largest absolute Gasteiger partial charge is 0.339 e. The lowest BCUT2D eigenvalue weighted by molar-refractivity contribution is 0.0988. The van der Waals surface area contributed by atoms with Gasteiger partial charge in [0.1, 0.15) is 11.5 Å². The van der Waals surface area contributed by atoms with Crippen molar-refractivity contribution in [3.8, 4) is 0 Å². The first-order valence-electron chi connectivity index (χ1n) is 8.04. The molecule has 0 fully saturated rings. The molecule has 0 atom stereocenters. The van der Waals surface area contributed by atoms with E-state index in [1.54, 1.807) is 18.1 Å². The van der Waals surface area contributed by atoms with Gasteiger partial charge in [0, 0.05) is 18.4 Å². The number of carbonyl (C=O) groups excluding carboxylic acids is 1. The number of aromatic nitrogens is 2. The molecule has 1 aromatic heterocycles. The minimum Gasteiger partial charge on any atom is -0.339 e. The van der Waals surface area contributed by atoms with Crippen LogP contribution < -0.4 is 10.2 Å². The Kier molecular flexibility index (Phi) is 4.75. The number of nitrogens with zero attached hydrogens (tertiary/aromatic N) is 3. The maximum Gasteiger partial charge on any atom is 0.278 e. The summed E-state index contributed by atoms with van der Waals surface area (Å²) in [6.45, 7) is 4.09. The number of rotatable bonds is 4. The molecule has 2 aromatic carbocycles. The number of nitrogens with one attached hydrogen (secondary N) is 1. The fourth-order valence-electron chi connectivity index (χ4n) is 2.54. The summed E-state index contributed by atoms with van der Waals surface area (Å²) >= 11 is 0. The van der Waals surface area contributed by atoms with Gasteiger partial charge in [-0.2, -0.15) is 0 Å². The van der Waals surface area contributed by atoms with E-state index < -0.39 is 0 Å². The zero-order valence-corrected chi connectivity index (χ0v) is 14.5. The summed E-state index contributed by atoms with van der Waals surface area (Å²) in [4.78, 5) is 22.6. The lowest BCUT2D eigenvalue weighted by Crippen LogP contribution is -2.27. The third-order valence-corrected chi connectivity index (χ3v) is 3.96. The molecule has 5 nitrogen and oxygen atoms in total. The van der Waals surface area contributed by atoms with E-state index in [-0.39, 0.29) is 5.91 Å². The number of carbonyl (C=O) groups is 1. The lowest BCUT2D eigenvalue weighted by Gasteiger charge is -2.16. The van der Waals surface area contributed by atoms with Gasteiger partial charge < -0.3 is 10.2 Å². The standard InChI is InChI=1S/C20H20N4O/c1-14-9-10-17(15(2)11-14)23-19-13-21-18(12-22-19)20(25)24(3)16-7-5-4-6-8-16/h4-13H,1-3H3,(H,22,23). The Balaban J connectivity index is 1.74. The fraction of sp³-hybridized carbons (Fsp3) is 0.150. The highest BCUT2D eigenvalue weighted by atomic mass is 16.2. The van der Waals surface area contributed by atoms with Gasteiger partial charge in [-0.1, -0.05) is 35.9 Å². The molecule has 0 radical (unpaired) electrons. The van der Waals surface area contributed by atoms with Crippen molar-refractivity contribution in [1.82, 2.24) is 9.97 Å². The molecule has 0 saturated heterocycles. The molecule has 0 aliphatic heterocycles. The third kappa shape index (κ3) is 3.83. The van der Waals surface area contributed by atoms with Gasteiger partial charge in [0.15, 0.2) is 0 Å². The zero-order valence-electron chi connectivity index (χ0n) is 14.5. The summed E-state index contributed by atoms with van der Waals surface area (Å²) in [5.41, 5.74) is 4.43. The zero-order chi connectivity index (χ0) is 17.8. The molecule has 3 rings (SSSR count). The molecular formula is C20H20N4O. The molecule has 25 heavy (non-hydrogen) atoms. The Morgan fingerprint density at radius 1 is 1.00 bits per heavy atom. The molecule has 5 heteroatoms. The Labute approximate surface area is 147 Å². The number of aryl methyl sites for hydroxylation is 2. The van der Waals surface area contributed by atoms with Crippen LogP contribution in [-0.2, 0) is 0 Å². The van der Waals surface area contributed by atoms with Crippen molar-refractivity contribution >= 4 is 23.1 Å². The average Bonchev–Trinajstić information content (AvgIpc) is 2.64. The van der Waals surface area contributed by atoms with E-state index >= 15 is 0 Å². The normalized spacial score (nSPS) is 10.4. The number of benzene rings is 2. The summed E-state index contributed by atoms with van der Waals surface area (Å²) in [6.07, 6.45) is 3.07. The highest BCUT2D eigenvalue weighted by molar-refractivity contribution is 6.04. The van der Waals surface area contributed by atoms with Gasteiger partial charge in [-0.25, -0.2) is 9.97 Å². The average molecular weight is 332 g/mol. The number of amides is 1. The Morgan fingerprint density at radius 3 is 2.40 bits per heavy atom. The molecular weight excluding hydrogens is 312 g/mol. The maximum absolute atomic E-state index is 12.5. The number of hydrogen-bond acceptors (Lipinski definition) is 4. The van der Waals surface area contributed by atoms with Crippen LogP contribution in [0.1, 0.15) is 21.6 Å². The van der Waals surface area contributed by atoms with Crippen molar-refractivity contribution in [2.24, 2.45) is 0 Å². The molecule has 0 aliphatic rings. The van der Waals surface area contributed by atoms with Crippen LogP contribution in [0.3, 0.4) is 0 Å². The molecule has 1 amide bonds. The molecule has 0 bridgehead atoms.